The molecule has 0 aliphatic rings. The molecule has 0 aliphatic carbocycles. The van der Waals surface area contributed by atoms with Crippen LogP contribution in [-0.4, -0.2) is 18.7 Å². The SMILES string of the molecule is O=C(COc1ccc2ccccc2c1Br)N/N=C/c1cccc2ccccc12. The van der Waals surface area contributed by atoms with E-state index in [1.165, 1.54) is 0 Å². The van der Waals surface area contributed by atoms with Crippen LogP contribution in [0.2, 0.25) is 0 Å². The zero-order chi connectivity index (χ0) is 19.3. The van der Waals surface area contributed by atoms with Crippen LogP contribution in [0.5, 0.6) is 5.75 Å². The minimum absolute atomic E-state index is 0.121. The molecule has 1 amide bonds. The van der Waals surface area contributed by atoms with Gasteiger partial charge < -0.3 is 4.74 Å². The molecule has 0 aromatic heterocycles. The molecule has 138 valence electrons. The predicted octanol–water partition coefficient (Wildman–Crippen LogP) is 5.28. The normalized spacial score (nSPS) is 11.2. The van der Waals surface area contributed by atoms with Crippen LogP contribution in [0.15, 0.2) is 88.4 Å². The standard InChI is InChI=1S/C23H17BrN2O2/c24-23-20-11-4-2-7-17(20)12-13-21(23)28-15-22(27)26-25-14-18-9-5-8-16-6-1-3-10-19(16)18/h1-14H,15H2,(H,26,27)/b25-14+. The summed E-state index contributed by atoms with van der Waals surface area (Å²) in [7, 11) is 0. The summed E-state index contributed by atoms with van der Waals surface area (Å²) in [6, 6.07) is 25.8. The molecule has 0 unspecified atom stereocenters. The van der Waals surface area contributed by atoms with Gasteiger partial charge in [-0.3, -0.25) is 4.79 Å². The second-order valence-electron chi connectivity index (χ2n) is 6.25. The van der Waals surface area contributed by atoms with E-state index in [2.05, 4.69) is 26.5 Å². The lowest BCUT2D eigenvalue weighted by Gasteiger charge is -2.09. The zero-order valence-corrected chi connectivity index (χ0v) is 16.5. The van der Waals surface area contributed by atoms with Gasteiger partial charge in [0.15, 0.2) is 6.61 Å². The second-order valence-corrected chi connectivity index (χ2v) is 7.04. The monoisotopic (exact) mass is 432 g/mol. The van der Waals surface area contributed by atoms with E-state index in [0.29, 0.717) is 5.75 Å². The number of hydrazone groups is 1. The van der Waals surface area contributed by atoms with Gasteiger partial charge in [-0.2, -0.15) is 5.10 Å². The Morgan fingerprint density at radius 3 is 2.39 bits per heavy atom. The number of carbonyl (C=O) groups is 1. The largest absolute Gasteiger partial charge is 0.483 e. The highest BCUT2D eigenvalue weighted by molar-refractivity contribution is 9.10. The zero-order valence-electron chi connectivity index (χ0n) is 14.9. The van der Waals surface area contributed by atoms with Crippen molar-refractivity contribution in [1.29, 1.82) is 0 Å². The molecule has 28 heavy (non-hydrogen) atoms. The van der Waals surface area contributed by atoms with Crippen molar-refractivity contribution >= 4 is 49.6 Å². The number of carbonyl (C=O) groups excluding carboxylic acids is 1. The lowest BCUT2D eigenvalue weighted by Crippen LogP contribution is -2.24. The van der Waals surface area contributed by atoms with Crippen LogP contribution < -0.4 is 10.2 Å². The Hall–Kier alpha value is -3.18. The van der Waals surface area contributed by atoms with Crippen LogP contribution in [0.25, 0.3) is 21.5 Å². The maximum absolute atomic E-state index is 12.1. The molecule has 0 heterocycles. The van der Waals surface area contributed by atoms with E-state index in [4.69, 9.17) is 4.74 Å². The molecule has 5 heteroatoms. The summed E-state index contributed by atoms with van der Waals surface area (Å²) >= 11 is 3.55. The van der Waals surface area contributed by atoms with Gasteiger partial charge in [-0.05, 0) is 43.5 Å². The van der Waals surface area contributed by atoms with Gasteiger partial charge in [-0.15, -0.1) is 0 Å². The van der Waals surface area contributed by atoms with Crippen LogP contribution >= 0.6 is 15.9 Å². The highest BCUT2D eigenvalue weighted by Crippen LogP contribution is 2.32. The summed E-state index contributed by atoms with van der Waals surface area (Å²) in [5.41, 5.74) is 3.45. The van der Waals surface area contributed by atoms with Gasteiger partial charge in [0.1, 0.15) is 5.75 Å². The van der Waals surface area contributed by atoms with E-state index < -0.39 is 0 Å². The van der Waals surface area contributed by atoms with Crippen LogP contribution in [0.1, 0.15) is 5.56 Å². The molecular weight excluding hydrogens is 416 g/mol. The molecule has 0 aliphatic heterocycles. The first-order valence-corrected chi connectivity index (χ1v) is 9.61. The number of fused-ring (bicyclic) bond motifs is 2. The van der Waals surface area contributed by atoms with E-state index >= 15 is 0 Å². The summed E-state index contributed by atoms with van der Waals surface area (Å²) in [6.07, 6.45) is 1.65. The third-order valence-electron chi connectivity index (χ3n) is 4.40. The molecule has 4 aromatic carbocycles. The molecule has 0 atom stereocenters. The fourth-order valence-electron chi connectivity index (χ4n) is 3.04. The fraction of sp³-hybridized carbons (Fsp3) is 0.0435. The molecule has 4 rings (SSSR count). The van der Waals surface area contributed by atoms with Gasteiger partial charge in [-0.25, -0.2) is 5.43 Å². The molecule has 4 aromatic rings. The number of rotatable bonds is 5. The molecule has 0 radical (unpaired) electrons. The van der Waals surface area contributed by atoms with Crippen molar-refractivity contribution in [2.75, 3.05) is 6.61 Å². The van der Waals surface area contributed by atoms with E-state index in [1.54, 1.807) is 6.21 Å². The smallest absolute Gasteiger partial charge is 0.277 e. The summed E-state index contributed by atoms with van der Waals surface area (Å²) in [4.78, 5) is 12.1. The van der Waals surface area contributed by atoms with Crippen molar-refractivity contribution in [3.05, 3.63) is 88.9 Å². The van der Waals surface area contributed by atoms with Crippen molar-refractivity contribution in [3.63, 3.8) is 0 Å². The lowest BCUT2D eigenvalue weighted by molar-refractivity contribution is -0.123. The summed E-state index contributed by atoms with van der Waals surface area (Å²) in [5, 5.41) is 8.41. The first-order valence-electron chi connectivity index (χ1n) is 8.82. The van der Waals surface area contributed by atoms with E-state index in [-0.39, 0.29) is 12.5 Å². The number of hydrogen-bond donors (Lipinski definition) is 1. The highest BCUT2D eigenvalue weighted by Gasteiger charge is 2.08. The van der Waals surface area contributed by atoms with Crippen molar-refractivity contribution in [2.45, 2.75) is 0 Å². The van der Waals surface area contributed by atoms with Crippen LogP contribution in [0, 0.1) is 0 Å². The van der Waals surface area contributed by atoms with E-state index in [1.807, 2.05) is 78.9 Å². The first-order chi connectivity index (χ1) is 13.7. The number of hydrogen-bond acceptors (Lipinski definition) is 3. The average Bonchev–Trinajstić information content (AvgIpc) is 2.74. The highest BCUT2D eigenvalue weighted by atomic mass is 79.9. The van der Waals surface area contributed by atoms with Gasteiger partial charge in [0.25, 0.3) is 5.91 Å². The molecule has 1 N–H and O–H groups in total. The number of nitrogens with one attached hydrogen (secondary N) is 1. The maximum atomic E-state index is 12.1. The number of halogens is 1. The number of nitrogens with zero attached hydrogens (tertiary/aromatic N) is 1. The molecular formula is C23H17BrN2O2. The van der Waals surface area contributed by atoms with Gasteiger partial charge in [0.05, 0.1) is 10.7 Å². The maximum Gasteiger partial charge on any atom is 0.277 e. The summed E-state index contributed by atoms with van der Waals surface area (Å²) in [5.74, 6) is 0.295. The third kappa shape index (κ3) is 3.89. The first kappa shape index (κ1) is 18.2. The Morgan fingerprint density at radius 2 is 1.57 bits per heavy atom. The van der Waals surface area contributed by atoms with Crippen molar-refractivity contribution in [2.24, 2.45) is 5.10 Å². The minimum atomic E-state index is -0.323. The third-order valence-corrected chi connectivity index (χ3v) is 5.22. The summed E-state index contributed by atoms with van der Waals surface area (Å²) < 4.78 is 6.48. The quantitative estimate of drug-likeness (QED) is 0.344. The van der Waals surface area contributed by atoms with Gasteiger partial charge in [0, 0.05) is 5.56 Å². The lowest BCUT2D eigenvalue weighted by atomic mass is 10.1. The Labute approximate surface area is 171 Å². The minimum Gasteiger partial charge on any atom is -0.483 e. The van der Waals surface area contributed by atoms with Crippen molar-refractivity contribution in [3.8, 4) is 5.75 Å². The number of benzene rings is 4. The predicted molar refractivity (Wildman–Crippen MR) is 117 cm³/mol. The topological polar surface area (TPSA) is 50.7 Å². The van der Waals surface area contributed by atoms with Crippen LogP contribution in [0.4, 0.5) is 0 Å². The Morgan fingerprint density at radius 1 is 0.893 bits per heavy atom. The van der Waals surface area contributed by atoms with Crippen molar-refractivity contribution in [1.82, 2.24) is 5.43 Å². The Bertz CT molecular complexity index is 1180. The van der Waals surface area contributed by atoms with Crippen LogP contribution in [0.3, 0.4) is 0 Å². The summed E-state index contributed by atoms with van der Waals surface area (Å²) in [6.45, 7) is -0.121. The van der Waals surface area contributed by atoms with E-state index in [0.717, 1.165) is 31.6 Å². The second kappa shape index (κ2) is 8.23. The fourth-order valence-corrected chi connectivity index (χ4v) is 3.65. The Kier molecular flexibility index (Phi) is 5.35. The van der Waals surface area contributed by atoms with Gasteiger partial charge >= 0.3 is 0 Å². The van der Waals surface area contributed by atoms with Crippen molar-refractivity contribution < 1.29 is 9.53 Å². The molecule has 0 fully saturated rings. The number of ether oxygens (including phenoxy) is 1. The molecule has 0 saturated heterocycles. The molecule has 0 spiro atoms. The van der Waals surface area contributed by atoms with Gasteiger partial charge in [0.2, 0.25) is 0 Å². The van der Waals surface area contributed by atoms with E-state index in [9.17, 15) is 4.79 Å². The molecule has 0 bridgehead atoms. The molecule has 4 nitrogen and oxygen atoms in total. The number of amides is 1. The molecule has 0 saturated carbocycles. The van der Waals surface area contributed by atoms with Gasteiger partial charge in [-0.1, -0.05) is 72.8 Å². The Balaban J connectivity index is 1.40. The average molecular weight is 433 g/mol. The van der Waals surface area contributed by atoms with Crippen LogP contribution in [-0.2, 0) is 4.79 Å².